The van der Waals surface area contributed by atoms with Crippen LogP contribution in [0.25, 0.3) is 11.0 Å². The van der Waals surface area contributed by atoms with Crippen LogP contribution in [0, 0.1) is 0 Å². The first kappa shape index (κ1) is 13.2. The fraction of sp³-hybridized carbons (Fsp3) is 0.222. The molecule has 1 atom stereocenters. The topological polar surface area (TPSA) is 49.0 Å². The third kappa shape index (κ3) is 1.58. The molecular weight excluding hydrogens is 306 g/mol. The fourth-order valence-electron chi connectivity index (χ4n) is 3.86. The molecule has 114 valence electrons. The lowest BCUT2D eigenvalue weighted by Gasteiger charge is -2.42. The van der Waals surface area contributed by atoms with Crippen molar-refractivity contribution in [1.82, 2.24) is 14.9 Å². The lowest BCUT2D eigenvalue weighted by molar-refractivity contribution is 0.0717. The Morgan fingerprint density at radius 2 is 2.00 bits per heavy atom. The van der Waals surface area contributed by atoms with E-state index in [0.717, 1.165) is 46.4 Å². The first-order valence-electron chi connectivity index (χ1n) is 7.80. The number of thioether (sulfide) groups is 1. The maximum absolute atomic E-state index is 13.0. The van der Waals surface area contributed by atoms with Crippen LogP contribution in [0.5, 0.6) is 0 Å². The number of aromatic nitrogens is 2. The molecule has 2 aromatic carbocycles. The molecular formula is C18H15N3OS. The second-order valence-electron chi connectivity index (χ2n) is 5.95. The molecule has 5 rings (SSSR count). The van der Waals surface area contributed by atoms with Crippen LogP contribution >= 0.6 is 11.8 Å². The predicted octanol–water partition coefficient (Wildman–Crippen LogP) is 3.36. The van der Waals surface area contributed by atoms with Crippen LogP contribution in [0.3, 0.4) is 0 Å². The van der Waals surface area contributed by atoms with E-state index in [2.05, 4.69) is 22.1 Å². The summed E-state index contributed by atoms with van der Waals surface area (Å²) in [6.45, 7) is 0.793. The van der Waals surface area contributed by atoms with Crippen molar-refractivity contribution in [3.05, 3.63) is 65.5 Å². The molecule has 1 fully saturated rings. The number of imidazole rings is 1. The molecule has 1 aromatic heterocycles. The summed E-state index contributed by atoms with van der Waals surface area (Å²) in [7, 11) is 0. The van der Waals surface area contributed by atoms with E-state index in [1.807, 2.05) is 47.0 Å². The van der Waals surface area contributed by atoms with Crippen molar-refractivity contribution < 1.29 is 4.79 Å². The first-order valence-corrected chi connectivity index (χ1v) is 8.79. The Kier molecular flexibility index (Phi) is 2.65. The number of carbonyl (C=O) groups excluding carboxylic acids is 1. The fourth-order valence-corrected chi connectivity index (χ4v) is 5.42. The third-order valence-corrected chi connectivity index (χ3v) is 6.37. The molecule has 1 saturated heterocycles. The number of carbonyl (C=O) groups is 1. The van der Waals surface area contributed by atoms with E-state index >= 15 is 0 Å². The van der Waals surface area contributed by atoms with Gasteiger partial charge in [-0.2, -0.15) is 0 Å². The number of rotatable bonds is 1. The highest BCUT2D eigenvalue weighted by atomic mass is 32.2. The number of nitrogens with zero attached hydrogens (tertiary/aromatic N) is 2. The average Bonchev–Trinajstić information content (AvgIpc) is 3.18. The number of benzene rings is 2. The Bertz CT molecular complexity index is 935. The van der Waals surface area contributed by atoms with Crippen molar-refractivity contribution in [2.24, 2.45) is 0 Å². The lowest BCUT2D eigenvalue weighted by atomic mass is 9.95. The van der Waals surface area contributed by atoms with Gasteiger partial charge in [0.25, 0.3) is 5.91 Å². The number of aromatic amines is 1. The van der Waals surface area contributed by atoms with Crippen molar-refractivity contribution in [3.63, 3.8) is 0 Å². The van der Waals surface area contributed by atoms with Crippen LogP contribution in [-0.4, -0.2) is 33.1 Å². The van der Waals surface area contributed by atoms with Gasteiger partial charge in [0.2, 0.25) is 0 Å². The molecule has 0 spiro atoms. The van der Waals surface area contributed by atoms with Crippen molar-refractivity contribution in [3.8, 4) is 0 Å². The van der Waals surface area contributed by atoms with Gasteiger partial charge in [0.1, 0.15) is 4.87 Å². The minimum Gasteiger partial charge on any atom is -0.345 e. The first-order chi connectivity index (χ1) is 11.3. The standard InChI is InChI=1S/C18H15N3OS/c22-17-12-5-1-2-6-13(12)18(21(17)9-4-10-23-18)14-7-3-8-15-16(14)20-11-19-15/h1-3,5-8,11H,4,9-10H2,(H,19,20). The van der Waals surface area contributed by atoms with Crippen molar-refractivity contribution >= 4 is 28.7 Å². The quantitative estimate of drug-likeness (QED) is 0.748. The molecule has 0 radical (unpaired) electrons. The molecule has 0 saturated carbocycles. The number of para-hydroxylation sites is 1. The normalized spacial score (nSPS) is 23.1. The SMILES string of the molecule is O=C1c2ccccc2C2(c3cccc4[nH]cnc34)SCCCN12. The van der Waals surface area contributed by atoms with E-state index in [1.165, 1.54) is 0 Å². The Labute approximate surface area is 137 Å². The minimum absolute atomic E-state index is 0.139. The Balaban J connectivity index is 1.88. The second-order valence-corrected chi connectivity index (χ2v) is 7.24. The molecule has 1 amide bonds. The third-order valence-electron chi connectivity index (χ3n) is 4.80. The Morgan fingerprint density at radius 3 is 2.96 bits per heavy atom. The summed E-state index contributed by atoms with van der Waals surface area (Å²) >= 11 is 1.85. The summed E-state index contributed by atoms with van der Waals surface area (Å²) in [5.41, 5.74) is 5.01. The van der Waals surface area contributed by atoms with Gasteiger partial charge < -0.3 is 9.88 Å². The van der Waals surface area contributed by atoms with Crippen LogP contribution in [0.1, 0.15) is 27.9 Å². The van der Waals surface area contributed by atoms with Crippen LogP contribution in [0.15, 0.2) is 48.8 Å². The average molecular weight is 321 g/mol. The number of amides is 1. The van der Waals surface area contributed by atoms with E-state index in [9.17, 15) is 4.79 Å². The second kappa shape index (κ2) is 4.61. The van der Waals surface area contributed by atoms with E-state index in [-0.39, 0.29) is 5.91 Å². The molecule has 23 heavy (non-hydrogen) atoms. The smallest absolute Gasteiger partial charge is 0.255 e. The van der Waals surface area contributed by atoms with Gasteiger partial charge >= 0.3 is 0 Å². The van der Waals surface area contributed by atoms with Crippen LogP contribution < -0.4 is 0 Å². The Hall–Kier alpha value is -2.27. The molecule has 0 bridgehead atoms. The van der Waals surface area contributed by atoms with Crippen molar-refractivity contribution in [2.75, 3.05) is 12.3 Å². The molecule has 1 unspecified atom stereocenters. The zero-order valence-electron chi connectivity index (χ0n) is 12.5. The summed E-state index contributed by atoms with van der Waals surface area (Å²) in [5, 5.41) is 0. The molecule has 5 heteroatoms. The summed E-state index contributed by atoms with van der Waals surface area (Å²) in [4.78, 5) is 22.3. The maximum Gasteiger partial charge on any atom is 0.255 e. The summed E-state index contributed by atoms with van der Waals surface area (Å²) in [6, 6.07) is 14.2. The van der Waals surface area contributed by atoms with Crippen molar-refractivity contribution in [2.45, 2.75) is 11.3 Å². The number of hydrogen-bond acceptors (Lipinski definition) is 3. The minimum atomic E-state index is -0.444. The number of hydrogen-bond donors (Lipinski definition) is 1. The van der Waals surface area contributed by atoms with E-state index in [4.69, 9.17) is 0 Å². The van der Waals surface area contributed by atoms with Gasteiger partial charge in [0, 0.05) is 23.2 Å². The zero-order valence-corrected chi connectivity index (χ0v) is 13.3. The zero-order chi connectivity index (χ0) is 15.4. The van der Waals surface area contributed by atoms with E-state index < -0.39 is 4.87 Å². The highest BCUT2D eigenvalue weighted by Crippen LogP contribution is 2.55. The predicted molar refractivity (Wildman–Crippen MR) is 91.4 cm³/mol. The van der Waals surface area contributed by atoms with Crippen LogP contribution in [0.2, 0.25) is 0 Å². The molecule has 4 nitrogen and oxygen atoms in total. The molecule has 0 aliphatic carbocycles. The lowest BCUT2D eigenvalue weighted by Crippen LogP contribution is -2.46. The highest BCUT2D eigenvalue weighted by molar-refractivity contribution is 8.00. The largest absolute Gasteiger partial charge is 0.345 e. The van der Waals surface area contributed by atoms with Gasteiger partial charge in [0.15, 0.2) is 0 Å². The highest BCUT2D eigenvalue weighted by Gasteiger charge is 2.53. The van der Waals surface area contributed by atoms with Gasteiger partial charge in [-0.05, 0) is 24.3 Å². The molecule has 3 heterocycles. The summed E-state index contributed by atoms with van der Waals surface area (Å²) in [5.74, 6) is 1.18. The maximum atomic E-state index is 13.0. The number of H-pyrrole nitrogens is 1. The van der Waals surface area contributed by atoms with E-state index in [1.54, 1.807) is 6.33 Å². The molecule has 1 N–H and O–H groups in total. The monoisotopic (exact) mass is 321 g/mol. The molecule has 2 aliphatic heterocycles. The van der Waals surface area contributed by atoms with Gasteiger partial charge in [-0.3, -0.25) is 4.79 Å². The van der Waals surface area contributed by atoms with Gasteiger partial charge in [-0.1, -0.05) is 30.3 Å². The summed E-state index contributed by atoms with van der Waals surface area (Å²) in [6.07, 6.45) is 2.76. The number of fused-ring (bicyclic) bond motifs is 4. The van der Waals surface area contributed by atoms with E-state index in [0.29, 0.717) is 0 Å². The van der Waals surface area contributed by atoms with Gasteiger partial charge in [-0.15, -0.1) is 11.8 Å². The molecule has 3 aromatic rings. The van der Waals surface area contributed by atoms with Gasteiger partial charge in [-0.25, -0.2) is 4.98 Å². The van der Waals surface area contributed by atoms with Crippen molar-refractivity contribution in [1.29, 1.82) is 0 Å². The Morgan fingerprint density at radius 1 is 1.13 bits per heavy atom. The van der Waals surface area contributed by atoms with Gasteiger partial charge in [0.05, 0.1) is 17.4 Å². The molecule has 2 aliphatic rings. The van der Waals surface area contributed by atoms with Crippen LogP contribution in [0.4, 0.5) is 0 Å². The van der Waals surface area contributed by atoms with Crippen LogP contribution in [-0.2, 0) is 4.87 Å². The number of nitrogens with one attached hydrogen (secondary N) is 1. The summed E-state index contributed by atoms with van der Waals surface area (Å²) < 4.78 is 0.